The van der Waals surface area contributed by atoms with Crippen LogP contribution in [0.25, 0.3) is 16.6 Å². The fraction of sp³-hybridized carbons (Fsp3) is 0.391. The van der Waals surface area contributed by atoms with Crippen molar-refractivity contribution in [3.05, 3.63) is 47.7 Å². The third-order valence-electron chi connectivity index (χ3n) is 6.48. The zero-order valence-corrected chi connectivity index (χ0v) is 24.2. The molecule has 2 N–H and O–H groups in total. The van der Waals surface area contributed by atoms with Crippen LogP contribution >= 0.6 is 40.0 Å². The molecule has 8 nitrogen and oxygen atoms in total. The number of esters is 2. The van der Waals surface area contributed by atoms with Gasteiger partial charge >= 0.3 is 61.4 Å². The Labute approximate surface area is 226 Å². The first kappa shape index (κ1) is 25.9. The van der Waals surface area contributed by atoms with Gasteiger partial charge in [-0.25, -0.2) is 9.78 Å². The number of carbonyl (C=O) groups is 3. The number of nitrogens with zero attached hydrogens (tertiary/aromatic N) is 2. The average Bonchev–Trinajstić information content (AvgIpc) is 3.18. The van der Waals surface area contributed by atoms with E-state index in [0.717, 1.165) is 16.5 Å². The summed E-state index contributed by atoms with van der Waals surface area (Å²) in [4.78, 5) is 45.1. The van der Waals surface area contributed by atoms with Crippen molar-refractivity contribution >= 4 is 74.4 Å². The Kier molecular flexibility index (Phi) is 7.92. The van der Waals surface area contributed by atoms with E-state index in [-0.39, 0.29) is 18.9 Å². The van der Waals surface area contributed by atoms with Crippen LogP contribution in [0.3, 0.4) is 0 Å². The number of rotatable bonds is 3. The van der Waals surface area contributed by atoms with Crippen molar-refractivity contribution in [2.45, 2.75) is 38.5 Å². The van der Waals surface area contributed by atoms with E-state index in [1.807, 2.05) is 36.4 Å². The van der Waals surface area contributed by atoms with Crippen molar-refractivity contribution in [3.63, 3.8) is 0 Å². The molecule has 0 spiro atoms. The van der Waals surface area contributed by atoms with Crippen LogP contribution in [0.1, 0.15) is 31.5 Å². The standard InChI is InChI=1S/C23H23N3O5.2HI.V/c1-3-23(31-21(28)12(2)24)16-9-18-19-14(8-13-6-4-5-7-17(13)25-19)10-26(18)20(27)15(16)11-30-22(23)29;;;/h4-9,12,15-16H,3,10-11,24H2,1-2H3;2*1H;/q;;;+2/p-2/t12?,15?,16?,23-;;;/m0.../s1. The molecule has 4 heterocycles. The Morgan fingerprint density at radius 2 is 2.09 bits per heavy atom. The summed E-state index contributed by atoms with van der Waals surface area (Å²) in [5.74, 6) is -2.80. The quantitative estimate of drug-likeness (QED) is 0.381. The number of amides is 1. The molecule has 3 unspecified atom stereocenters. The second-order valence-corrected chi connectivity index (χ2v) is 20.2. The number of para-hydroxylation sites is 1. The molecule has 3 aliphatic rings. The fourth-order valence-electron chi connectivity index (χ4n) is 4.78. The van der Waals surface area contributed by atoms with E-state index in [4.69, 9.17) is 20.2 Å². The van der Waals surface area contributed by atoms with Crippen LogP contribution in [0.15, 0.2) is 36.4 Å². The molecular weight excluding hydrogens is 703 g/mol. The van der Waals surface area contributed by atoms with E-state index in [2.05, 4.69) is 40.0 Å². The van der Waals surface area contributed by atoms with Gasteiger partial charge in [0.15, 0.2) is 0 Å². The Balaban J connectivity index is 0.000000868. The summed E-state index contributed by atoms with van der Waals surface area (Å²) in [5, 5.41) is 0.999. The maximum atomic E-state index is 13.4. The number of pyridine rings is 1. The van der Waals surface area contributed by atoms with Gasteiger partial charge in [-0.3, -0.25) is 9.59 Å². The molecule has 5 rings (SSSR count). The van der Waals surface area contributed by atoms with Crippen molar-refractivity contribution in [1.29, 1.82) is 0 Å². The molecule has 34 heavy (non-hydrogen) atoms. The van der Waals surface area contributed by atoms with Crippen molar-refractivity contribution in [1.82, 2.24) is 9.88 Å². The SMILES string of the molecule is CC[C@@]1(OC(=O)C(C)N)C(=O)OCC2C(=O)N3Cc4cc5ccccc5nc4C3=CC21.[I][V][I]. The van der Waals surface area contributed by atoms with Crippen LogP contribution in [0.2, 0.25) is 0 Å². The normalized spacial score (nSPS) is 25.7. The van der Waals surface area contributed by atoms with Gasteiger partial charge < -0.3 is 20.1 Å². The Bertz CT molecular complexity index is 1190. The number of fused-ring (bicyclic) bond motifs is 5. The van der Waals surface area contributed by atoms with Crippen LogP contribution < -0.4 is 5.73 Å². The first-order valence-corrected chi connectivity index (χ1v) is 19.8. The number of hydrogen-bond acceptors (Lipinski definition) is 7. The second-order valence-electron chi connectivity index (χ2n) is 8.41. The fourth-order valence-corrected chi connectivity index (χ4v) is 4.78. The number of aromatic nitrogens is 1. The molecular formula is C23H23I2N3O5V. The molecule has 11 heteroatoms. The molecule has 1 fully saturated rings. The van der Waals surface area contributed by atoms with Crippen molar-refractivity contribution in [3.8, 4) is 0 Å². The van der Waals surface area contributed by atoms with Gasteiger partial charge in [-0.15, -0.1) is 0 Å². The predicted molar refractivity (Wildman–Crippen MR) is 139 cm³/mol. The van der Waals surface area contributed by atoms with Crippen molar-refractivity contribution in [2.24, 2.45) is 17.6 Å². The molecule has 2 aromatic rings. The molecule has 0 saturated carbocycles. The summed E-state index contributed by atoms with van der Waals surface area (Å²) in [6.07, 6.45) is 2.03. The molecule has 1 aromatic carbocycles. The van der Waals surface area contributed by atoms with Gasteiger partial charge in [-0.1, -0.05) is 25.1 Å². The van der Waals surface area contributed by atoms with Crippen LogP contribution in [0, 0.1) is 11.8 Å². The topological polar surface area (TPSA) is 112 Å². The molecule has 1 amide bonds. The van der Waals surface area contributed by atoms with Gasteiger partial charge in [0.1, 0.15) is 12.6 Å². The summed E-state index contributed by atoms with van der Waals surface area (Å²) in [6, 6.07) is 8.91. The number of benzene rings is 1. The first-order chi connectivity index (χ1) is 16.3. The summed E-state index contributed by atoms with van der Waals surface area (Å²) < 4.78 is 11.0. The molecule has 1 aromatic heterocycles. The second kappa shape index (κ2) is 10.4. The van der Waals surface area contributed by atoms with Crippen molar-refractivity contribution < 1.29 is 33.3 Å². The monoisotopic (exact) mass is 726 g/mol. The Morgan fingerprint density at radius 1 is 1.38 bits per heavy atom. The van der Waals surface area contributed by atoms with Gasteiger partial charge in [0.05, 0.1) is 29.4 Å². The molecule has 0 bridgehead atoms. The van der Waals surface area contributed by atoms with Crippen LogP contribution in [0.5, 0.6) is 0 Å². The molecule has 179 valence electrons. The number of cyclic esters (lactones) is 1. The number of hydrogen-bond donors (Lipinski definition) is 1. The van der Waals surface area contributed by atoms with Gasteiger partial charge in [-0.2, -0.15) is 0 Å². The van der Waals surface area contributed by atoms with Crippen molar-refractivity contribution in [2.75, 3.05) is 6.61 Å². The minimum absolute atomic E-state index is 0.0498. The van der Waals surface area contributed by atoms with E-state index in [1.54, 1.807) is 11.8 Å². The summed E-state index contributed by atoms with van der Waals surface area (Å²) in [5.41, 5.74) is 7.22. The number of carbonyl (C=O) groups excluding carboxylic acids is 3. The van der Waals surface area contributed by atoms with Crippen LogP contribution in [-0.4, -0.2) is 46.0 Å². The summed E-state index contributed by atoms with van der Waals surface area (Å²) in [7, 11) is 0.628. The van der Waals surface area contributed by atoms with E-state index >= 15 is 0 Å². The van der Waals surface area contributed by atoms with E-state index in [0.29, 0.717) is 27.4 Å². The first-order valence-electron chi connectivity index (χ1n) is 10.8. The summed E-state index contributed by atoms with van der Waals surface area (Å²) >= 11 is 4.74. The molecule has 3 aliphatic heterocycles. The molecule has 0 radical (unpaired) electrons. The molecule has 0 aliphatic carbocycles. The van der Waals surface area contributed by atoms with E-state index < -0.39 is 35.4 Å². The zero-order chi connectivity index (χ0) is 24.6. The molecule has 1 saturated heterocycles. The maximum absolute atomic E-state index is 13.4. The predicted octanol–water partition coefficient (Wildman–Crippen LogP) is 3.53. The third-order valence-corrected chi connectivity index (χ3v) is 6.48. The van der Waals surface area contributed by atoms with Gasteiger partial charge in [0.2, 0.25) is 11.5 Å². The van der Waals surface area contributed by atoms with Gasteiger partial charge in [0.25, 0.3) is 0 Å². The number of nitrogens with two attached hydrogens (primary N) is 1. The van der Waals surface area contributed by atoms with Gasteiger partial charge in [0, 0.05) is 16.9 Å². The Morgan fingerprint density at radius 3 is 2.76 bits per heavy atom. The Hall–Kier alpha value is -1.22. The molecule has 4 atom stereocenters. The number of halogens is 2. The van der Waals surface area contributed by atoms with Crippen LogP contribution in [-0.2, 0) is 39.9 Å². The van der Waals surface area contributed by atoms with Crippen LogP contribution in [0.4, 0.5) is 0 Å². The third kappa shape index (κ3) is 4.40. The number of ether oxygens (including phenoxy) is 2. The van der Waals surface area contributed by atoms with E-state index in [1.165, 1.54) is 6.92 Å². The average molecular weight is 726 g/mol. The minimum atomic E-state index is -1.60. The van der Waals surface area contributed by atoms with E-state index in [9.17, 15) is 14.4 Å². The van der Waals surface area contributed by atoms with Gasteiger partial charge in [-0.05, 0) is 31.6 Å². The zero-order valence-electron chi connectivity index (χ0n) is 18.5. The summed E-state index contributed by atoms with van der Waals surface area (Å²) in [6.45, 7) is 3.59.